The van der Waals surface area contributed by atoms with Crippen LogP contribution in [0.4, 0.5) is 4.39 Å². The molecule has 21 heavy (non-hydrogen) atoms. The summed E-state index contributed by atoms with van der Waals surface area (Å²) in [6, 6.07) is 10.1. The Kier molecular flexibility index (Phi) is 6.12. The second-order valence-corrected chi connectivity index (χ2v) is 4.70. The lowest BCUT2D eigenvalue weighted by atomic mass is 10.2. The normalized spacial score (nSPS) is 12.1. The highest BCUT2D eigenvalue weighted by Gasteiger charge is 2.07. The molecule has 2 N–H and O–H groups in total. The number of hydrogen-bond acceptors (Lipinski definition) is 4. The number of aliphatic hydroxyl groups excluding tert-OH is 1. The minimum Gasteiger partial charge on any atom is -0.488 e. The fourth-order valence-corrected chi connectivity index (χ4v) is 1.86. The molecule has 112 valence electrons. The summed E-state index contributed by atoms with van der Waals surface area (Å²) in [7, 11) is 0. The Morgan fingerprint density at radius 3 is 2.71 bits per heavy atom. The first-order valence-electron chi connectivity index (χ1n) is 6.90. The van der Waals surface area contributed by atoms with Crippen molar-refractivity contribution in [2.75, 3.05) is 19.7 Å². The summed E-state index contributed by atoms with van der Waals surface area (Å²) in [5.41, 5.74) is 1.19. The van der Waals surface area contributed by atoms with Crippen LogP contribution in [0.1, 0.15) is 5.56 Å². The molecule has 0 spiro atoms. The lowest BCUT2D eigenvalue weighted by Crippen LogP contribution is -2.32. The molecule has 0 bridgehead atoms. The number of nitrogens with one attached hydrogen (secondary N) is 1. The number of ether oxygens (including phenoxy) is 1. The molecule has 1 atom stereocenters. The van der Waals surface area contributed by atoms with Gasteiger partial charge in [0.15, 0.2) is 11.6 Å². The molecule has 1 heterocycles. The van der Waals surface area contributed by atoms with Gasteiger partial charge in [-0.25, -0.2) is 4.39 Å². The SMILES string of the molecule is OC(CNCCc1ccncc1)COc1ccccc1F. The van der Waals surface area contributed by atoms with E-state index in [0.717, 1.165) is 13.0 Å². The number of benzene rings is 1. The summed E-state index contributed by atoms with van der Waals surface area (Å²) in [6.45, 7) is 1.21. The van der Waals surface area contributed by atoms with Crippen LogP contribution in [0, 0.1) is 5.82 Å². The molecule has 1 unspecified atom stereocenters. The van der Waals surface area contributed by atoms with Crippen LogP contribution in [-0.4, -0.2) is 35.9 Å². The Balaban J connectivity index is 1.62. The quantitative estimate of drug-likeness (QED) is 0.728. The number of halogens is 1. The first-order chi connectivity index (χ1) is 10.3. The summed E-state index contributed by atoms with van der Waals surface area (Å²) < 4.78 is 18.5. The van der Waals surface area contributed by atoms with Crippen LogP contribution in [-0.2, 0) is 6.42 Å². The zero-order chi connectivity index (χ0) is 14.9. The van der Waals surface area contributed by atoms with Gasteiger partial charge in [0.05, 0.1) is 0 Å². The summed E-state index contributed by atoms with van der Waals surface area (Å²) in [4.78, 5) is 3.95. The highest BCUT2D eigenvalue weighted by Crippen LogP contribution is 2.15. The highest BCUT2D eigenvalue weighted by atomic mass is 19.1. The van der Waals surface area contributed by atoms with E-state index in [-0.39, 0.29) is 12.4 Å². The molecule has 2 aromatic rings. The van der Waals surface area contributed by atoms with E-state index in [9.17, 15) is 9.50 Å². The summed E-state index contributed by atoms with van der Waals surface area (Å²) in [5, 5.41) is 12.9. The summed E-state index contributed by atoms with van der Waals surface area (Å²) in [5.74, 6) is -0.260. The van der Waals surface area contributed by atoms with Crippen molar-refractivity contribution in [3.8, 4) is 5.75 Å². The molecule has 0 aliphatic rings. The molecule has 0 saturated carbocycles. The van der Waals surface area contributed by atoms with Gasteiger partial charge in [-0.05, 0) is 42.8 Å². The highest BCUT2D eigenvalue weighted by molar-refractivity contribution is 5.23. The molecule has 1 aromatic carbocycles. The monoisotopic (exact) mass is 290 g/mol. The zero-order valence-corrected chi connectivity index (χ0v) is 11.7. The molecule has 0 saturated heterocycles. The lowest BCUT2D eigenvalue weighted by molar-refractivity contribution is 0.104. The first-order valence-corrected chi connectivity index (χ1v) is 6.90. The molecule has 0 radical (unpaired) electrons. The third-order valence-corrected chi connectivity index (χ3v) is 2.99. The van der Waals surface area contributed by atoms with Gasteiger partial charge >= 0.3 is 0 Å². The second kappa shape index (κ2) is 8.34. The Labute approximate surface area is 123 Å². The van der Waals surface area contributed by atoms with Gasteiger partial charge < -0.3 is 15.2 Å². The van der Waals surface area contributed by atoms with Crippen molar-refractivity contribution in [3.05, 3.63) is 60.2 Å². The fourth-order valence-electron chi connectivity index (χ4n) is 1.86. The molecule has 0 aliphatic carbocycles. The third-order valence-electron chi connectivity index (χ3n) is 2.99. The van der Waals surface area contributed by atoms with Crippen LogP contribution in [0.3, 0.4) is 0 Å². The maximum absolute atomic E-state index is 13.3. The molecule has 0 aliphatic heterocycles. The van der Waals surface area contributed by atoms with Crippen molar-refractivity contribution >= 4 is 0 Å². The largest absolute Gasteiger partial charge is 0.488 e. The average molecular weight is 290 g/mol. The van der Waals surface area contributed by atoms with Gasteiger partial charge in [-0.15, -0.1) is 0 Å². The predicted molar refractivity (Wildman–Crippen MR) is 78.7 cm³/mol. The van der Waals surface area contributed by atoms with E-state index in [4.69, 9.17) is 4.74 Å². The van der Waals surface area contributed by atoms with E-state index in [1.807, 2.05) is 12.1 Å². The van der Waals surface area contributed by atoms with E-state index in [1.165, 1.54) is 11.6 Å². The molecule has 1 aromatic heterocycles. The zero-order valence-electron chi connectivity index (χ0n) is 11.7. The standard InChI is InChI=1S/C16H19FN2O2/c17-15-3-1-2-4-16(15)21-12-14(20)11-19-10-7-13-5-8-18-9-6-13/h1-6,8-9,14,19-20H,7,10-12H2. The fraction of sp³-hybridized carbons (Fsp3) is 0.312. The smallest absolute Gasteiger partial charge is 0.165 e. The maximum atomic E-state index is 13.3. The number of rotatable bonds is 8. The lowest BCUT2D eigenvalue weighted by Gasteiger charge is -2.13. The molecule has 0 amide bonds. The maximum Gasteiger partial charge on any atom is 0.165 e. The number of aliphatic hydroxyl groups is 1. The van der Waals surface area contributed by atoms with Crippen molar-refractivity contribution in [1.29, 1.82) is 0 Å². The minimum atomic E-state index is -0.679. The average Bonchev–Trinajstić information content (AvgIpc) is 2.52. The van der Waals surface area contributed by atoms with Gasteiger partial charge in [-0.1, -0.05) is 12.1 Å². The second-order valence-electron chi connectivity index (χ2n) is 4.70. The van der Waals surface area contributed by atoms with E-state index in [2.05, 4.69) is 10.3 Å². The number of hydrogen-bond donors (Lipinski definition) is 2. The number of nitrogens with zero attached hydrogens (tertiary/aromatic N) is 1. The topological polar surface area (TPSA) is 54.4 Å². The van der Waals surface area contributed by atoms with Crippen LogP contribution in [0.15, 0.2) is 48.8 Å². The molecule has 2 rings (SSSR count). The molecule has 0 fully saturated rings. The number of pyridine rings is 1. The Bertz CT molecular complexity index is 537. The summed E-state index contributed by atoms with van der Waals surface area (Å²) in [6.07, 6.45) is 3.70. The molecule has 4 nitrogen and oxygen atoms in total. The van der Waals surface area contributed by atoms with Crippen LogP contribution in [0.5, 0.6) is 5.75 Å². The van der Waals surface area contributed by atoms with Gasteiger partial charge in [-0.3, -0.25) is 4.98 Å². The van der Waals surface area contributed by atoms with Crippen LogP contribution in [0.25, 0.3) is 0 Å². The van der Waals surface area contributed by atoms with Crippen LogP contribution >= 0.6 is 0 Å². The van der Waals surface area contributed by atoms with Crippen molar-refractivity contribution < 1.29 is 14.2 Å². The van der Waals surface area contributed by atoms with Crippen molar-refractivity contribution in [2.24, 2.45) is 0 Å². The van der Waals surface area contributed by atoms with Crippen LogP contribution < -0.4 is 10.1 Å². The van der Waals surface area contributed by atoms with Crippen molar-refractivity contribution in [3.63, 3.8) is 0 Å². The molecule has 5 heteroatoms. The van der Waals surface area contributed by atoms with Gasteiger partial charge in [-0.2, -0.15) is 0 Å². The van der Waals surface area contributed by atoms with Gasteiger partial charge in [0.2, 0.25) is 0 Å². The molecular weight excluding hydrogens is 271 g/mol. The van der Waals surface area contributed by atoms with Gasteiger partial charge in [0, 0.05) is 18.9 Å². The third kappa shape index (κ3) is 5.49. The minimum absolute atomic E-state index is 0.0587. The Morgan fingerprint density at radius 2 is 1.95 bits per heavy atom. The Hall–Kier alpha value is -1.98. The van der Waals surface area contributed by atoms with Crippen LogP contribution in [0.2, 0.25) is 0 Å². The van der Waals surface area contributed by atoms with E-state index in [1.54, 1.807) is 30.6 Å². The summed E-state index contributed by atoms with van der Waals surface area (Å²) >= 11 is 0. The first kappa shape index (κ1) is 15.4. The Morgan fingerprint density at radius 1 is 1.19 bits per heavy atom. The molecular formula is C16H19FN2O2. The van der Waals surface area contributed by atoms with E-state index >= 15 is 0 Å². The van der Waals surface area contributed by atoms with Crippen molar-refractivity contribution in [1.82, 2.24) is 10.3 Å². The number of para-hydroxylation sites is 1. The predicted octanol–water partition coefficient (Wildman–Crippen LogP) is 1.79. The van der Waals surface area contributed by atoms with Gasteiger partial charge in [0.25, 0.3) is 0 Å². The van der Waals surface area contributed by atoms with Gasteiger partial charge in [0.1, 0.15) is 12.7 Å². The van der Waals surface area contributed by atoms with Crippen molar-refractivity contribution in [2.45, 2.75) is 12.5 Å². The van der Waals surface area contributed by atoms with E-state index in [0.29, 0.717) is 6.54 Å². The van der Waals surface area contributed by atoms with E-state index < -0.39 is 11.9 Å². The number of aromatic nitrogens is 1.